The second-order valence-corrected chi connectivity index (χ2v) is 25.9. The first-order chi connectivity index (χ1) is 36.7. The van der Waals surface area contributed by atoms with E-state index < -0.39 is 0 Å². The van der Waals surface area contributed by atoms with Gasteiger partial charge in [0.2, 0.25) is 0 Å². The van der Waals surface area contributed by atoms with Crippen LogP contribution in [0.4, 0.5) is 28.4 Å². The summed E-state index contributed by atoms with van der Waals surface area (Å²) in [6, 6.07) is 63.0. The largest absolute Gasteiger partial charge is 0.454 e. The Morgan fingerprint density at radius 3 is 1.61 bits per heavy atom. The fourth-order valence-corrected chi connectivity index (χ4v) is 12.4. The summed E-state index contributed by atoms with van der Waals surface area (Å²) in [4.78, 5) is 5.02. The van der Waals surface area contributed by atoms with E-state index in [9.17, 15) is 0 Å². The molecule has 0 unspecified atom stereocenters. The van der Waals surface area contributed by atoms with Gasteiger partial charge < -0.3 is 28.2 Å². The van der Waals surface area contributed by atoms with Crippen LogP contribution in [0.1, 0.15) is 105 Å². The number of benzene rings is 9. The molecule has 3 aliphatic rings. The Labute approximate surface area is 452 Å². The van der Waals surface area contributed by atoms with Gasteiger partial charge in [0, 0.05) is 61.6 Å². The zero-order valence-corrected chi connectivity index (χ0v) is 46.3. The van der Waals surface area contributed by atoms with Crippen molar-refractivity contribution in [3.8, 4) is 39.8 Å². The Morgan fingerprint density at radius 1 is 0.403 bits per heavy atom. The first kappa shape index (κ1) is 47.3. The molecule has 7 heteroatoms. The van der Waals surface area contributed by atoms with Crippen molar-refractivity contribution in [1.82, 2.24) is 4.57 Å². The average molecular weight is 1010 g/mol. The predicted molar refractivity (Wildman–Crippen MR) is 323 cm³/mol. The molecule has 0 amide bonds. The number of anilines is 5. The molecule has 9 aromatic carbocycles. The molecule has 2 aromatic heterocycles. The minimum Gasteiger partial charge on any atom is -0.454 e. The zero-order valence-electron chi connectivity index (χ0n) is 46.3. The van der Waals surface area contributed by atoms with E-state index >= 15 is 0 Å². The van der Waals surface area contributed by atoms with Gasteiger partial charge in [-0.15, -0.1) is 0 Å². The molecule has 6 nitrogen and oxygen atoms in total. The summed E-state index contributed by atoms with van der Waals surface area (Å²) in [6.07, 6.45) is 0. The Kier molecular flexibility index (Phi) is 9.95. The molecule has 0 atom stereocenters. The summed E-state index contributed by atoms with van der Waals surface area (Å²) < 4.78 is 23.4. The maximum Gasteiger partial charge on any atom is 0.333 e. The molecule has 0 saturated carbocycles. The second-order valence-electron chi connectivity index (χ2n) is 25.9. The minimum atomic E-state index is -0.301. The normalized spacial score (nSPS) is 13.9. The number of fused-ring (bicyclic) bond motifs is 12. The van der Waals surface area contributed by atoms with Gasteiger partial charge in [-0.25, -0.2) is 0 Å². The van der Waals surface area contributed by atoms with Gasteiger partial charge in [-0.3, -0.25) is 0 Å². The molecule has 0 radical (unpaired) electrons. The van der Waals surface area contributed by atoms with Crippen molar-refractivity contribution in [2.45, 2.75) is 105 Å². The molecule has 0 spiro atoms. The minimum absolute atomic E-state index is 0.00953. The van der Waals surface area contributed by atoms with Gasteiger partial charge in [-0.1, -0.05) is 162 Å². The van der Waals surface area contributed by atoms with Crippen LogP contribution in [0.25, 0.3) is 60.6 Å². The highest BCUT2D eigenvalue weighted by molar-refractivity contribution is 6.93. The maximum absolute atomic E-state index is 7.05. The third-order valence-electron chi connectivity index (χ3n) is 16.6. The molecule has 14 rings (SSSR count). The fourth-order valence-electron chi connectivity index (χ4n) is 12.4. The van der Waals surface area contributed by atoms with E-state index in [0.29, 0.717) is 23.0 Å². The lowest BCUT2D eigenvalue weighted by molar-refractivity contribution is 0.360. The highest BCUT2D eigenvalue weighted by atomic mass is 16.6. The van der Waals surface area contributed by atoms with Crippen molar-refractivity contribution in [2.75, 3.05) is 9.71 Å². The Hall–Kier alpha value is -8.16. The van der Waals surface area contributed by atoms with Crippen molar-refractivity contribution in [2.24, 2.45) is 0 Å². The summed E-state index contributed by atoms with van der Waals surface area (Å²) in [6.45, 7) is 27.4. The average Bonchev–Trinajstić information content (AvgIpc) is 4.04. The number of hydrogen-bond acceptors (Lipinski definition) is 5. The summed E-state index contributed by atoms with van der Waals surface area (Å²) in [7, 11) is 0. The molecule has 380 valence electrons. The lowest BCUT2D eigenvalue weighted by atomic mass is 9.43. The lowest BCUT2D eigenvalue weighted by Gasteiger charge is -2.43. The van der Waals surface area contributed by atoms with Crippen LogP contribution in [0.5, 0.6) is 23.0 Å². The van der Waals surface area contributed by atoms with E-state index in [1.54, 1.807) is 0 Å². The first-order valence-electron chi connectivity index (χ1n) is 27.3. The molecule has 0 N–H and O–H groups in total. The number of rotatable bonds is 4. The number of nitrogens with zero attached hydrogens (tertiary/aromatic N) is 3. The van der Waals surface area contributed by atoms with E-state index in [1.807, 2.05) is 24.3 Å². The highest BCUT2D eigenvalue weighted by Crippen LogP contribution is 2.55. The third-order valence-corrected chi connectivity index (χ3v) is 16.6. The Balaban J connectivity index is 1.14. The van der Waals surface area contributed by atoms with Crippen LogP contribution in [0.2, 0.25) is 0 Å². The molecular weight excluding hydrogens is 942 g/mol. The van der Waals surface area contributed by atoms with Crippen LogP contribution in [0.3, 0.4) is 0 Å². The Bertz CT molecular complexity index is 4210. The van der Waals surface area contributed by atoms with Crippen LogP contribution in [-0.4, -0.2) is 11.4 Å². The smallest absolute Gasteiger partial charge is 0.333 e. The molecule has 0 aliphatic carbocycles. The predicted octanol–water partition coefficient (Wildman–Crippen LogP) is 18.5. The van der Waals surface area contributed by atoms with Gasteiger partial charge in [0.1, 0.15) is 5.58 Å². The quantitative estimate of drug-likeness (QED) is 0.164. The van der Waals surface area contributed by atoms with Crippen LogP contribution in [-0.2, 0) is 21.7 Å². The van der Waals surface area contributed by atoms with Crippen molar-refractivity contribution < 1.29 is 13.9 Å². The van der Waals surface area contributed by atoms with Gasteiger partial charge in [0.05, 0.1) is 16.7 Å². The van der Waals surface area contributed by atoms with E-state index in [4.69, 9.17) is 13.9 Å². The summed E-state index contributed by atoms with van der Waals surface area (Å²) in [5.41, 5.74) is 20.0. The molecule has 5 heterocycles. The van der Waals surface area contributed by atoms with Gasteiger partial charge >= 0.3 is 6.85 Å². The maximum atomic E-state index is 7.05. The van der Waals surface area contributed by atoms with E-state index in [0.717, 1.165) is 67.2 Å². The van der Waals surface area contributed by atoms with Gasteiger partial charge in [0.25, 0.3) is 0 Å². The summed E-state index contributed by atoms with van der Waals surface area (Å²) in [5.74, 6) is 2.71. The second kappa shape index (κ2) is 16.2. The number of hydrogen-bond donors (Lipinski definition) is 0. The topological polar surface area (TPSA) is 43.0 Å². The molecule has 0 saturated heterocycles. The number of furan rings is 1. The van der Waals surface area contributed by atoms with Gasteiger partial charge in [-0.05, 0) is 145 Å². The van der Waals surface area contributed by atoms with E-state index in [1.165, 1.54) is 55.0 Å². The van der Waals surface area contributed by atoms with Gasteiger partial charge in [-0.2, -0.15) is 0 Å². The molecule has 77 heavy (non-hydrogen) atoms. The van der Waals surface area contributed by atoms with E-state index in [-0.39, 0.29) is 28.5 Å². The van der Waals surface area contributed by atoms with Crippen molar-refractivity contribution in [3.05, 3.63) is 192 Å². The van der Waals surface area contributed by atoms with Gasteiger partial charge in [0.15, 0.2) is 28.6 Å². The Morgan fingerprint density at radius 2 is 0.974 bits per heavy atom. The summed E-state index contributed by atoms with van der Waals surface area (Å²) >= 11 is 0. The van der Waals surface area contributed by atoms with Crippen molar-refractivity contribution in [3.63, 3.8) is 0 Å². The molecule has 0 bridgehead atoms. The summed E-state index contributed by atoms with van der Waals surface area (Å²) in [5, 5.41) is 4.67. The molecular formula is C70H64BN3O3. The fraction of sp³-hybridized carbons (Fsp3) is 0.229. The first-order valence-corrected chi connectivity index (χ1v) is 27.3. The molecule has 0 fully saturated rings. The third kappa shape index (κ3) is 7.29. The standard InChI is InChI=1S/C70H64BN3O3/c1-67(2,3)41-24-29-45(30-25-41)72(46-31-26-42(27-32-46)68(4,5)6)47-37-52-51-39-62-63(76-61-23-16-15-22-60(61)75-62)40-57(51)74(56-20-17-19-49-48-18-13-14-21-59(48)77-66(49)56)71-54-36-44(70(10,11)12)35-53-50-34-43(69(7,8)9)28-33-55(50)73(65(53)54)58(38-47)64(52)71/h13-40H,1-12H3. The van der Waals surface area contributed by atoms with Crippen LogP contribution < -0.4 is 30.1 Å². The van der Waals surface area contributed by atoms with Crippen LogP contribution in [0.15, 0.2) is 174 Å². The lowest BCUT2D eigenvalue weighted by Crippen LogP contribution is -2.61. The molecule has 3 aliphatic heterocycles. The zero-order chi connectivity index (χ0) is 53.2. The SMILES string of the molecule is CC(C)(C)c1ccc(N(c2ccc(C(C)(C)C)cc2)c2cc3c4c(c2)-n2c5ccc(C(C)(C)C)cc5c5cc(C(C)(C)C)cc(c52)B4N(c2cccc4c2oc2ccccc24)c2cc4c(cc2-3)Oc2ccccc2O4)cc1. The molecule has 11 aromatic rings. The van der Waals surface area contributed by atoms with E-state index in [2.05, 4.69) is 243 Å². The monoisotopic (exact) mass is 1010 g/mol. The number of para-hydroxylation sites is 4. The van der Waals surface area contributed by atoms with Crippen LogP contribution >= 0.6 is 0 Å². The number of ether oxygens (including phenoxy) is 2. The van der Waals surface area contributed by atoms with Crippen LogP contribution in [0, 0.1) is 0 Å². The highest BCUT2D eigenvalue weighted by Gasteiger charge is 2.47. The van der Waals surface area contributed by atoms with Crippen molar-refractivity contribution >= 4 is 90.0 Å². The number of aromatic nitrogens is 1. The van der Waals surface area contributed by atoms with Crippen molar-refractivity contribution in [1.29, 1.82) is 0 Å².